The van der Waals surface area contributed by atoms with E-state index in [0.717, 1.165) is 23.4 Å². The molecule has 1 unspecified atom stereocenters. The van der Waals surface area contributed by atoms with Crippen molar-refractivity contribution >= 4 is 23.6 Å². The Morgan fingerprint density at radius 1 is 1.30 bits per heavy atom. The second-order valence-corrected chi connectivity index (χ2v) is 7.61. The molecule has 3 heterocycles. The topological polar surface area (TPSA) is 96.2 Å². The van der Waals surface area contributed by atoms with Crippen molar-refractivity contribution in [2.45, 2.75) is 33.2 Å². The molecule has 1 saturated heterocycles. The summed E-state index contributed by atoms with van der Waals surface area (Å²) in [7, 11) is 0. The summed E-state index contributed by atoms with van der Waals surface area (Å²) < 4.78 is 6.06. The number of benzene rings is 1. The zero-order valence-electron chi connectivity index (χ0n) is 17.4. The van der Waals surface area contributed by atoms with Gasteiger partial charge in [-0.25, -0.2) is 15.0 Å². The summed E-state index contributed by atoms with van der Waals surface area (Å²) in [5.74, 6) is 1.36. The van der Waals surface area contributed by atoms with Crippen molar-refractivity contribution in [1.82, 2.24) is 20.3 Å². The minimum Gasteiger partial charge on any atom is -0.423 e. The van der Waals surface area contributed by atoms with Gasteiger partial charge in [0.25, 0.3) is 6.01 Å². The van der Waals surface area contributed by atoms with Crippen LogP contribution in [0.2, 0.25) is 0 Å². The molecule has 2 aromatic heterocycles. The van der Waals surface area contributed by atoms with Gasteiger partial charge in [-0.2, -0.15) is 0 Å². The lowest BCUT2D eigenvalue weighted by Gasteiger charge is -2.36. The Kier molecular flexibility index (Phi) is 5.65. The van der Waals surface area contributed by atoms with Crippen LogP contribution in [0, 0.1) is 5.92 Å². The number of nitrogens with zero attached hydrogens (tertiary/aromatic N) is 4. The number of hydrogen-bond acceptors (Lipinski definition) is 7. The van der Waals surface area contributed by atoms with Crippen LogP contribution < -0.4 is 15.5 Å². The Morgan fingerprint density at radius 3 is 2.97 bits per heavy atom. The first-order chi connectivity index (χ1) is 14.5. The van der Waals surface area contributed by atoms with Crippen molar-refractivity contribution in [3.05, 3.63) is 48.4 Å². The van der Waals surface area contributed by atoms with Gasteiger partial charge in [0.2, 0.25) is 11.9 Å². The molecule has 1 fully saturated rings. The summed E-state index contributed by atoms with van der Waals surface area (Å²) in [6, 6.07) is 9.90. The fourth-order valence-corrected chi connectivity index (χ4v) is 3.63. The first-order valence-electron chi connectivity index (χ1n) is 10.2. The first kappa shape index (κ1) is 19.9. The summed E-state index contributed by atoms with van der Waals surface area (Å²) in [5, 5.41) is 6.16. The molecular weight excluding hydrogens is 380 g/mol. The third-order valence-electron chi connectivity index (χ3n) is 5.11. The molecule has 0 saturated carbocycles. The number of carbonyl (C=O) groups is 1. The van der Waals surface area contributed by atoms with Gasteiger partial charge in [0.05, 0.1) is 6.20 Å². The van der Waals surface area contributed by atoms with Crippen LogP contribution in [0.25, 0.3) is 11.3 Å². The Balaban J connectivity index is 1.56. The molecule has 0 aliphatic carbocycles. The fraction of sp³-hybridized carbons (Fsp3) is 0.364. The second-order valence-electron chi connectivity index (χ2n) is 7.61. The van der Waals surface area contributed by atoms with Crippen molar-refractivity contribution in [3.63, 3.8) is 0 Å². The highest BCUT2D eigenvalue weighted by molar-refractivity contribution is 5.86. The SMILES string of the molecule is CCc1ccnc(Nc2cccc(-c3cnc(N4CCNC(=O)C4C(C)C)o3)c2)n1. The average molecular weight is 406 g/mol. The van der Waals surface area contributed by atoms with Gasteiger partial charge in [-0.3, -0.25) is 4.79 Å². The van der Waals surface area contributed by atoms with Crippen molar-refractivity contribution in [1.29, 1.82) is 0 Å². The first-order valence-corrected chi connectivity index (χ1v) is 10.2. The van der Waals surface area contributed by atoms with Crippen LogP contribution in [0.4, 0.5) is 17.7 Å². The van der Waals surface area contributed by atoms with Crippen molar-refractivity contribution in [3.8, 4) is 11.3 Å². The molecule has 4 rings (SSSR count). The summed E-state index contributed by atoms with van der Waals surface area (Å²) >= 11 is 0. The largest absolute Gasteiger partial charge is 0.423 e. The number of carbonyl (C=O) groups excluding carboxylic acids is 1. The Morgan fingerprint density at radius 2 is 2.17 bits per heavy atom. The number of aromatic nitrogens is 3. The van der Waals surface area contributed by atoms with Crippen molar-refractivity contribution in [2.24, 2.45) is 5.92 Å². The quantitative estimate of drug-likeness (QED) is 0.648. The van der Waals surface area contributed by atoms with Gasteiger partial charge < -0.3 is 20.0 Å². The summed E-state index contributed by atoms with van der Waals surface area (Å²) in [5.41, 5.74) is 2.72. The summed E-state index contributed by atoms with van der Waals surface area (Å²) in [6.45, 7) is 7.36. The Hall–Kier alpha value is -3.42. The van der Waals surface area contributed by atoms with E-state index in [0.29, 0.717) is 30.8 Å². The van der Waals surface area contributed by atoms with E-state index in [9.17, 15) is 4.79 Å². The molecule has 8 heteroatoms. The van der Waals surface area contributed by atoms with E-state index in [1.54, 1.807) is 12.4 Å². The molecule has 2 N–H and O–H groups in total. The number of amides is 1. The third kappa shape index (κ3) is 4.12. The van der Waals surface area contributed by atoms with E-state index in [4.69, 9.17) is 4.42 Å². The number of anilines is 3. The lowest BCUT2D eigenvalue weighted by Crippen LogP contribution is -2.57. The molecular formula is C22H26N6O2. The average Bonchev–Trinajstić information content (AvgIpc) is 3.24. The van der Waals surface area contributed by atoms with Gasteiger partial charge in [0, 0.05) is 36.2 Å². The maximum absolute atomic E-state index is 12.3. The smallest absolute Gasteiger partial charge is 0.298 e. The van der Waals surface area contributed by atoms with Gasteiger partial charge in [-0.05, 0) is 30.5 Å². The number of aryl methyl sites for hydroxylation is 1. The van der Waals surface area contributed by atoms with Gasteiger partial charge in [-0.15, -0.1) is 0 Å². The van der Waals surface area contributed by atoms with Crippen molar-refractivity contribution < 1.29 is 9.21 Å². The molecule has 8 nitrogen and oxygen atoms in total. The summed E-state index contributed by atoms with van der Waals surface area (Å²) in [4.78, 5) is 27.5. The highest BCUT2D eigenvalue weighted by Gasteiger charge is 2.34. The lowest BCUT2D eigenvalue weighted by molar-refractivity contribution is -0.124. The zero-order valence-corrected chi connectivity index (χ0v) is 17.4. The highest BCUT2D eigenvalue weighted by atomic mass is 16.4. The summed E-state index contributed by atoms with van der Waals surface area (Å²) in [6.07, 6.45) is 4.30. The molecule has 1 aliphatic rings. The number of rotatable bonds is 6. The molecule has 1 aliphatic heterocycles. The van der Waals surface area contributed by atoms with E-state index in [1.807, 2.05) is 49.1 Å². The van der Waals surface area contributed by atoms with Crippen LogP contribution in [0.15, 0.2) is 47.1 Å². The van der Waals surface area contributed by atoms with Crippen LogP contribution in [0.1, 0.15) is 26.5 Å². The lowest BCUT2D eigenvalue weighted by atomic mass is 10.0. The van der Waals surface area contributed by atoms with E-state index >= 15 is 0 Å². The van der Waals surface area contributed by atoms with Crippen LogP contribution in [-0.2, 0) is 11.2 Å². The second kappa shape index (κ2) is 8.52. The van der Waals surface area contributed by atoms with E-state index in [-0.39, 0.29) is 17.9 Å². The molecule has 1 amide bonds. The highest BCUT2D eigenvalue weighted by Crippen LogP contribution is 2.29. The Bertz CT molecular complexity index is 1030. The molecule has 0 bridgehead atoms. The third-order valence-corrected chi connectivity index (χ3v) is 5.11. The van der Waals surface area contributed by atoms with E-state index in [1.165, 1.54) is 0 Å². The van der Waals surface area contributed by atoms with Crippen LogP contribution >= 0.6 is 0 Å². The predicted molar refractivity (Wildman–Crippen MR) is 116 cm³/mol. The Labute approximate surface area is 175 Å². The minimum absolute atomic E-state index is 0.0107. The monoisotopic (exact) mass is 406 g/mol. The molecule has 0 radical (unpaired) electrons. The molecule has 30 heavy (non-hydrogen) atoms. The number of hydrogen-bond donors (Lipinski definition) is 2. The van der Waals surface area contributed by atoms with Gasteiger partial charge in [0.1, 0.15) is 6.04 Å². The fourth-order valence-electron chi connectivity index (χ4n) is 3.63. The van der Waals surface area contributed by atoms with Gasteiger partial charge >= 0.3 is 0 Å². The van der Waals surface area contributed by atoms with Crippen LogP contribution in [-0.4, -0.2) is 40.0 Å². The standard InChI is InChI=1S/C22H26N6O2/c1-4-16-8-9-24-21(26-16)27-17-7-5-6-15(12-17)18-13-25-22(30-18)28-11-10-23-20(29)19(28)14(2)3/h5-9,12-14,19H,4,10-11H2,1-3H3,(H,23,29)(H,24,26,27). The van der Waals surface area contributed by atoms with E-state index in [2.05, 4.69) is 32.5 Å². The van der Waals surface area contributed by atoms with Gasteiger partial charge in [-0.1, -0.05) is 32.9 Å². The normalized spacial score (nSPS) is 16.6. The van der Waals surface area contributed by atoms with Crippen molar-refractivity contribution in [2.75, 3.05) is 23.3 Å². The number of oxazole rings is 1. The number of nitrogens with one attached hydrogen (secondary N) is 2. The molecule has 1 atom stereocenters. The van der Waals surface area contributed by atoms with Gasteiger partial charge in [0.15, 0.2) is 5.76 Å². The predicted octanol–water partition coefficient (Wildman–Crippen LogP) is 3.40. The minimum atomic E-state index is -0.291. The van der Waals surface area contributed by atoms with Crippen LogP contribution in [0.3, 0.4) is 0 Å². The maximum atomic E-state index is 12.3. The van der Waals surface area contributed by atoms with E-state index < -0.39 is 0 Å². The zero-order chi connectivity index (χ0) is 21.1. The molecule has 1 aromatic carbocycles. The maximum Gasteiger partial charge on any atom is 0.298 e. The molecule has 0 spiro atoms. The van der Waals surface area contributed by atoms with Crippen LogP contribution in [0.5, 0.6) is 0 Å². The molecule has 3 aromatic rings. The number of piperazine rings is 1. The molecule has 156 valence electrons.